The number of Topliss-reactive ketones (excluding diaryl/α,β-unsaturated/α-hetero) is 1. The van der Waals surface area contributed by atoms with E-state index < -0.39 is 12.2 Å². The molecule has 130 valence electrons. The molecule has 0 aliphatic carbocycles. The molecule has 0 aromatic heterocycles. The van der Waals surface area contributed by atoms with Gasteiger partial charge in [-0.15, -0.1) is 0 Å². The van der Waals surface area contributed by atoms with E-state index >= 15 is 0 Å². The highest BCUT2D eigenvalue weighted by Gasteiger charge is 2.36. The number of hydrogen-bond donors (Lipinski definition) is 1. The average molecular weight is 359 g/mol. The average Bonchev–Trinajstić information content (AvgIpc) is 2.95. The Labute approximate surface area is 151 Å². The SMILES string of the molecule is CC(=O)c1ccc(O[C@@H]2[C@H](O)CO[C@@H]2/C=C/c2ccc(Cl)cc2)cc1. The van der Waals surface area contributed by atoms with Gasteiger partial charge >= 0.3 is 0 Å². The molecule has 1 heterocycles. The first-order chi connectivity index (χ1) is 12.0. The molecule has 5 heteroatoms. The van der Waals surface area contributed by atoms with E-state index in [4.69, 9.17) is 21.1 Å². The predicted molar refractivity (Wildman–Crippen MR) is 97.1 cm³/mol. The van der Waals surface area contributed by atoms with Gasteiger partial charge in [-0.05, 0) is 48.9 Å². The molecule has 1 aliphatic rings. The number of aliphatic hydroxyl groups excluding tert-OH is 1. The third kappa shape index (κ3) is 4.48. The van der Waals surface area contributed by atoms with Crippen LogP contribution in [0.5, 0.6) is 5.75 Å². The minimum Gasteiger partial charge on any atom is -0.485 e. The van der Waals surface area contributed by atoms with Gasteiger partial charge in [-0.2, -0.15) is 0 Å². The Morgan fingerprint density at radius 2 is 1.88 bits per heavy atom. The fraction of sp³-hybridized carbons (Fsp3) is 0.250. The van der Waals surface area contributed by atoms with Crippen LogP contribution < -0.4 is 4.74 Å². The Balaban J connectivity index is 1.69. The molecule has 2 aromatic carbocycles. The number of carbonyl (C=O) groups is 1. The number of rotatable bonds is 5. The van der Waals surface area contributed by atoms with Crippen LogP contribution in [0.15, 0.2) is 54.6 Å². The Morgan fingerprint density at radius 3 is 2.52 bits per heavy atom. The zero-order chi connectivity index (χ0) is 17.8. The maximum atomic E-state index is 11.3. The van der Waals surface area contributed by atoms with E-state index in [2.05, 4.69) is 0 Å². The van der Waals surface area contributed by atoms with Crippen molar-refractivity contribution in [1.29, 1.82) is 0 Å². The molecule has 1 saturated heterocycles. The van der Waals surface area contributed by atoms with Crippen LogP contribution in [-0.2, 0) is 4.74 Å². The molecule has 0 unspecified atom stereocenters. The van der Waals surface area contributed by atoms with Gasteiger partial charge in [0.1, 0.15) is 18.0 Å². The van der Waals surface area contributed by atoms with Crippen molar-refractivity contribution >= 4 is 23.5 Å². The maximum absolute atomic E-state index is 11.3. The second-order valence-corrected chi connectivity index (χ2v) is 6.38. The van der Waals surface area contributed by atoms with Crippen molar-refractivity contribution in [2.45, 2.75) is 25.2 Å². The highest BCUT2D eigenvalue weighted by Crippen LogP contribution is 2.24. The Bertz CT molecular complexity index is 752. The molecule has 0 bridgehead atoms. The van der Waals surface area contributed by atoms with Gasteiger partial charge in [-0.1, -0.05) is 35.9 Å². The van der Waals surface area contributed by atoms with Crippen molar-refractivity contribution in [2.24, 2.45) is 0 Å². The normalized spacial score (nSPS) is 23.1. The van der Waals surface area contributed by atoms with E-state index in [0.29, 0.717) is 16.3 Å². The number of carbonyl (C=O) groups excluding carboxylic acids is 1. The third-order valence-corrected chi connectivity index (χ3v) is 4.30. The first-order valence-corrected chi connectivity index (χ1v) is 8.42. The van der Waals surface area contributed by atoms with Crippen molar-refractivity contribution < 1.29 is 19.4 Å². The van der Waals surface area contributed by atoms with Crippen LogP contribution in [0.1, 0.15) is 22.8 Å². The molecule has 2 aromatic rings. The zero-order valence-electron chi connectivity index (χ0n) is 13.8. The summed E-state index contributed by atoms with van der Waals surface area (Å²) in [6, 6.07) is 14.3. The molecule has 1 N–H and O–H groups in total. The van der Waals surface area contributed by atoms with Crippen LogP contribution in [0.25, 0.3) is 6.08 Å². The van der Waals surface area contributed by atoms with Gasteiger partial charge in [0.15, 0.2) is 11.9 Å². The van der Waals surface area contributed by atoms with Crippen molar-refractivity contribution in [3.05, 3.63) is 70.8 Å². The number of benzene rings is 2. The largest absolute Gasteiger partial charge is 0.485 e. The lowest BCUT2D eigenvalue weighted by Crippen LogP contribution is -2.34. The van der Waals surface area contributed by atoms with Crippen molar-refractivity contribution in [2.75, 3.05) is 6.61 Å². The fourth-order valence-electron chi connectivity index (χ4n) is 2.63. The van der Waals surface area contributed by atoms with E-state index in [1.807, 2.05) is 36.4 Å². The van der Waals surface area contributed by atoms with Crippen LogP contribution in [0, 0.1) is 0 Å². The van der Waals surface area contributed by atoms with Gasteiger partial charge in [0.05, 0.1) is 6.61 Å². The van der Waals surface area contributed by atoms with Crippen molar-refractivity contribution in [3.63, 3.8) is 0 Å². The van der Waals surface area contributed by atoms with Crippen LogP contribution >= 0.6 is 11.6 Å². The van der Waals surface area contributed by atoms with Gasteiger partial charge in [-0.3, -0.25) is 4.79 Å². The number of halogens is 1. The summed E-state index contributed by atoms with van der Waals surface area (Å²) in [6.45, 7) is 1.73. The Hall–Kier alpha value is -2.14. The first kappa shape index (κ1) is 17.7. The quantitative estimate of drug-likeness (QED) is 0.827. The number of hydrogen-bond acceptors (Lipinski definition) is 4. The molecule has 25 heavy (non-hydrogen) atoms. The monoisotopic (exact) mass is 358 g/mol. The minimum absolute atomic E-state index is 0.000409. The van der Waals surface area contributed by atoms with Gasteiger partial charge in [0, 0.05) is 10.6 Å². The van der Waals surface area contributed by atoms with E-state index in [1.54, 1.807) is 24.3 Å². The molecule has 1 aliphatic heterocycles. The molecule has 0 amide bonds. The smallest absolute Gasteiger partial charge is 0.159 e. The van der Waals surface area contributed by atoms with Crippen molar-refractivity contribution in [1.82, 2.24) is 0 Å². The predicted octanol–water partition coefficient (Wildman–Crippen LogP) is 3.76. The molecule has 0 radical (unpaired) electrons. The highest BCUT2D eigenvalue weighted by molar-refractivity contribution is 6.30. The van der Waals surface area contributed by atoms with Gasteiger partial charge in [-0.25, -0.2) is 0 Å². The molecule has 1 fully saturated rings. The summed E-state index contributed by atoms with van der Waals surface area (Å²) in [5, 5.41) is 10.8. The lowest BCUT2D eigenvalue weighted by molar-refractivity contribution is 0.0612. The topological polar surface area (TPSA) is 55.8 Å². The second-order valence-electron chi connectivity index (χ2n) is 5.94. The summed E-state index contributed by atoms with van der Waals surface area (Å²) in [5.74, 6) is 0.587. The van der Waals surface area contributed by atoms with E-state index in [9.17, 15) is 9.90 Å². The highest BCUT2D eigenvalue weighted by atomic mass is 35.5. The summed E-state index contributed by atoms with van der Waals surface area (Å²) < 4.78 is 11.5. The summed E-state index contributed by atoms with van der Waals surface area (Å²) in [5.41, 5.74) is 1.61. The number of aliphatic hydroxyl groups is 1. The fourth-order valence-corrected chi connectivity index (χ4v) is 2.76. The Kier molecular flexibility index (Phi) is 5.53. The van der Waals surface area contributed by atoms with E-state index in [0.717, 1.165) is 5.56 Å². The van der Waals surface area contributed by atoms with Crippen LogP contribution in [0.4, 0.5) is 0 Å². The van der Waals surface area contributed by atoms with Crippen LogP contribution in [0.2, 0.25) is 5.02 Å². The standard InChI is InChI=1S/C20H19ClO4/c1-13(22)15-5-9-17(10-6-15)25-20-18(23)12-24-19(20)11-4-14-2-7-16(21)8-3-14/h2-11,18-20,23H,12H2,1H3/b11-4+/t18-,19-,20-/m1/s1. The first-order valence-electron chi connectivity index (χ1n) is 8.04. The second kappa shape index (κ2) is 7.83. The van der Waals surface area contributed by atoms with Gasteiger partial charge in [0.2, 0.25) is 0 Å². The molecule has 0 saturated carbocycles. The third-order valence-electron chi connectivity index (χ3n) is 4.04. The molecule has 3 atom stereocenters. The lowest BCUT2D eigenvalue weighted by Gasteiger charge is -2.20. The summed E-state index contributed by atoms with van der Waals surface area (Å²) in [7, 11) is 0. The summed E-state index contributed by atoms with van der Waals surface area (Å²) in [4.78, 5) is 11.3. The van der Waals surface area contributed by atoms with Crippen molar-refractivity contribution in [3.8, 4) is 5.75 Å². The molecule has 4 nitrogen and oxygen atoms in total. The molecule has 0 spiro atoms. The molecular formula is C20H19ClO4. The summed E-state index contributed by atoms with van der Waals surface area (Å²) in [6.07, 6.45) is 2.19. The molecule has 3 rings (SSSR count). The zero-order valence-corrected chi connectivity index (χ0v) is 14.5. The van der Waals surface area contributed by atoms with Crippen LogP contribution in [0.3, 0.4) is 0 Å². The lowest BCUT2D eigenvalue weighted by atomic mass is 10.1. The minimum atomic E-state index is -0.715. The van der Waals surface area contributed by atoms with Gasteiger partial charge in [0.25, 0.3) is 0 Å². The number of ether oxygens (including phenoxy) is 2. The van der Waals surface area contributed by atoms with E-state index in [1.165, 1.54) is 6.92 Å². The molecular weight excluding hydrogens is 340 g/mol. The number of ketones is 1. The summed E-state index contributed by atoms with van der Waals surface area (Å²) >= 11 is 5.88. The van der Waals surface area contributed by atoms with Gasteiger partial charge < -0.3 is 14.6 Å². The maximum Gasteiger partial charge on any atom is 0.159 e. The van der Waals surface area contributed by atoms with E-state index in [-0.39, 0.29) is 18.5 Å². The Morgan fingerprint density at radius 1 is 1.20 bits per heavy atom. The van der Waals surface area contributed by atoms with Crippen LogP contribution in [-0.4, -0.2) is 35.8 Å².